The molecule has 0 unspecified atom stereocenters. The third-order valence-corrected chi connectivity index (χ3v) is 5.32. The smallest absolute Gasteiger partial charge is 0.255 e. The molecule has 30 heavy (non-hydrogen) atoms. The molecule has 1 N–H and O–H groups in total. The molecule has 160 valence electrons. The van der Waals surface area contributed by atoms with Gasteiger partial charge in [0.1, 0.15) is 18.4 Å². The molecule has 0 saturated carbocycles. The van der Waals surface area contributed by atoms with Crippen molar-refractivity contribution in [1.82, 2.24) is 19.7 Å². The molecule has 8 nitrogen and oxygen atoms in total. The number of carbonyl (C=O) groups excluding carboxylic acids is 2. The van der Waals surface area contributed by atoms with Crippen molar-refractivity contribution in [3.05, 3.63) is 64.1 Å². The molecule has 0 bridgehead atoms. The Morgan fingerprint density at radius 3 is 2.63 bits per heavy atom. The maximum absolute atomic E-state index is 12.8. The minimum atomic E-state index is -0.436. The lowest BCUT2D eigenvalue weighted by Gasteiger charge is -2.38. The molecule has 0 spiro atoms. The highest BCUT2D eigenvalue weighted by atomic mass is 16.5. The summed E-state index contributed by atoms with van der Waals surface area (Å²) in [4.78, 5) is 40.7. The normalized spacial score (nSPS) is 16.9. The number of aryl methyl sites for hydroxylation is 2. The van der Waals surface area contributed by atoms with Crippen LogP contribution in [0.15, 0.2) is 47.4 Å². The van der Waals surface area contributed by atoms with Crippen LogP contribution in [0, 0.1) is 6.92 Å². The summed E-state index contributed by atoms with van der Waals surface area (Å²) in [5, 5.41) is 2.90. The van der Waals surface area contributed by atoms with E-state index in [4.69, 9.17) is 4.74 Å². The quantitative estimate of drug-likeness (QED) is 0.705. The van der Waals surface area contributed by atoms with Gasteiger partial charge in [0.25, 0.3) is 5.91 Å². The number of pyridine rings is 1. The number of likely N-dealkylation sites (N-methyl/N-ethyl adjacent to an activating group) is 1. The van der Waals surface area contributed by atoms with Gasteiger partial charge in [0.15, 0.2) is 0 Å². The number of ether oxygens (including phenoxy) is 1. The van der Waals surface area contributed by atoms with Crippen LogP contribution in [0.4, 0.5) is 0 Å². The van der Waals surface area contributed by atoms with Gasteiger partial charge in [-0.25, -0.2) is 0 Å². The van der Waals surface area contributed by atoms with E-state index in [9.17, 15) is 14.4 Å². The second-order valence-electron chi connectivity index (χ2n) is 7.52. The maximum Gasteiger partial charge on any atom is 0.255 e. The summed E-state index contributed by atoms with van der Waals surface area (Å²) in [6, 6.07) is 10.2. The summed E-state index contributed by atoms with van der Waals surface area (Å²) in [6.07, 6.45) is 1.53. The van der Waals surface area contributed by atoms with Crippen molar-refractivity contribution in [3.8, 4) is 5.75 Å². The van der Waals surface area contributed by atoms with Gasteiger partial charge in [-0.15, -0.1) is 0 Å². The standard InChI is InChI=1S/C22H28N4O4/c1-16-6-4-5-7-19(16)30-13-10-23-21(28)18-15-26(12-11-24(18)2)22(29)17-8-9-20(27)25(3)14-17/h4-9,14,18H,10-13,15H2,1-3H3,(H,23,28)/t18-/m1/s1. The molecule has 2 amide bonds. The molecule has 1 saturated heterocycles. The SMILES string of the molecule is Cc1ccccc1OCCNC(=O)[C@H]1CN(C(=O)c2ccc(=O)n(C)c2)CCN1C. The molecule has 2 heterocycles. The number of hydrogen-bond acceptors (Lipinski definition) is 5. The number of rotatable bonds is 6. The van der Waals surface area contributed by atoms with Crippen LogP contribution in [0.2, 0.25) is 0 Å². The van der Waals surface area contributed by atoms with Gasteiger partial charge < -0.3 is 19.5 Å². The number of nitrogens with one attached hydrogen (secondary N) is 1. The lowest BCUT2D eigenvalue weighted by Crippen LogP contribution is -2.59. The molecule has 1 aliphatic heterocycles. The Kier molecular flexibility index (Phi) is 6.89. The van der Waals surface area contributed by atoms with Gasteiger partial charge >= 0.3 is 0 Å². The van der Waals surface area contributed by atoms with E-state index < -0.39 is 6.04 Å². The first-order valence-corrected chi connectivity index (χ1v) is 9.99. The van der Waals surface area contributed by atoms with Crippen LogP contribution in [0.3, 0.4) is 0 Å². The molecule has 1 aliphatic rings. The average Bonchev–Trinajstić information content (AvgIpc) is 2.74. The summed E-state index contributed by atoms with van der Waals surface area (Å²) in [5.74, 6) is 0.485. The number of para-hydroxylation sites is 1. The van der Waals surface area contributed by atoms with Crippen LogP contribution in [0.5, 0.6) is 5.75 Å². The van der Waals surface area contributed by atoms with E-state index in [0.717, 1.165) is 11.3 Å². The van der Waals surface area contributed by atoms with E-state index in [1.54, 1.807) is 11.9 Å². The van der Waals surface area contributed by atoms with E-state index in [0.29, 0.717) is 38.3 Å². The fraction of sp³-hybridized carbons (Fsp3) is 0.409. The molecule has 2 aromatic rings. The van der Waals surface area contributed by atoms with Crippen LogP contribution in [-0.2, 0) is 11.8 Å². The lowest BCUT2D eigenvalue weighted by atomic mass is 10.1. The third kappa shape index (κ3) is 5.07. The van der Waals surface area contributed by atoms with Gasteiger partial charge in [-0.2, -0.15) is 0 Å². The van der Waals surface area contributed by atoms with E-state index in [2.05, 4.69) is 5.32 Å². The Balaban J connectivity index is 1.54. The Morgan fingerprint density at radius 2 is 1.90 bits per heavy atom. The number of aromatic nitrogens is 1. The highest BCUT2D eigenvalue weighted by Crippen LogP contribution is 2.16. The van der Waals surface area contributed by atoms with Gasteiger partial charge in [-0.3, -0.25) is 19.3 Å². The molecule has 3 rings (SSSR count). The number of nitrogens with zero attached hydrogens (tertiary/aromatic N) is 3. The largest absolute Gasteiger partial charge is 0.491 e. The highest BCUT2D eigenvalue weighted by Gasteiger charge is 2.32. The summed E-state index contributed by atoms with van der Waals surface area (Å²) in [5.41, 5.74) is 1.31. The predicted octanol–water partition coefficient (Wildman–Crippen LogP) is 0.645. The van der Waals surface area contributed by atoms with E-state index in [-0.39, 0.29) is 17.4 Å². The average molecular weight is 412 g/mol. The predicted molar refractivity (Wildman–Crippen MR) is 114 cm³/mol. The van der Waals surface area contributed by atoms with Crippen molar-refractivity contribution in [3.63, 3.8) is 0 Å². The van der Waals surface area contributed by atoms with Crippen molar-refractivity contribution in [2.24, 2.45) is 7.05 Å². The summed E-state index contributed by atoms with van der Waals surface area (Å²) >= 11 is 0. The Hall–Kier alpha value is -3.13. The second-order valence-corrected chi connectivity index (χ2v) is 7.52. The number of piperazine rings is 1. The monoisotopic (exact) mass is 412 g/mol. The fourth-order valence-electron chi connectivity index (χ4n) is 3.42. The summed E-state index contributed by atoms with van der Waals surface area (Å²) in [7, 11) is 3.49. The first-order chi connectivity index (χ1) is 14.4. The first kappa shape index (κ1) is 21.6. The fourth-order valence-corrected chi connectivity index (χ4v) is 3.42. The molecule has 0 radical (unpaired) electrons. The highest BCUT2D eigenvalue weighted by molar-refractivity contribution is 5.94. The first-order valence-electron chi connectivity index (χ1n) is 9.99. The van der Waals surface area contributed by atoms with Crippen LogP contribution in [-0.4, -0.2) is 72.1 Å². The lowest BCUT2D eigenvalue weighted by molar-refractivity contribution is -0.127. The minimum absolute atomic E-state index is 0.135. The van der Waals surface area contributed by atoms with Crippen molar-refractivity contribution in [1.29, 1.82) is 0 Å². The van der Waals surface area contributed by atoms with E-state index in [1.165, 1.54) is 22.9 Å². The number of hydrogen-bond donors (Lipinski definition) is 1. The van der Waals surface area contributed by atoms with Gasteiger partial charge in [-0.05, 0) is 31.7 Å². The zero-order chi connectivity index (χ0) is 21.7. The minimum Gasteiger partial charge on any atom is -0.491 e. The van der Waals surface area contributed by atoms with Gasteiger partial charge in [0, 0.05) is 38.9 Å². The van der Waals surface area contributed by atoms with Crippen molar-refractivity contribution >= 4 is 11.8 Å². The molecule has 8 heteroatoms. The van der Waals surface area contributed by atoms with Crippen molar-refractivity contribution < 1.29 is 14.3 Å². The number of amides is 2. The molecule has 0 aliphatic carbocycles. The van der Waals surface area contributed by atoms with Crippen LogP contribution >= 0.6 is 0 Å². The van der Waals surface area contributed by atoms with E-state index >= 15 is 0 Å². The van der Waals surface area contributed by atoms with Gasteiger partial charge in [0.05, 0.1) is 12.1 Å². The van der Waals surface area contributed by atoms with Crippen LogP contribution in [0.1, 0.15) is 15.9 Å². The Morgan fingerprint density at radius 1 is 1.13 bits per heavy atom. The zero-order valence-electron chi connectivity index (χ0n) is 17.6. The van der Waals surface area contributed by atoms with E-state index in [1.807, 2.05) is 43.1 Å². The topological polar surface area (TPSA) is 83.9 Å². The number of carbonyl (C=O) groups is 2. The van der Waals surface area contributed by atoms with Crippen LogP contribution in [0.25, 0.3) is 0 Å². The maximum atomic E-state index is 12.8. The molecular weight excluding hydrogens is 384 g/mol. The second kappa shape index (κ2) is 9.58. The van der Waals surface area contributed by atoms with Crippen molar-refractivity contribution in [2.75, 3.05) is 39.8 Å². The summed E-state index contributed by atoms with van der Waals surface area (Å²) in [6.45, 7) is 4.14. The van der Waals surface area contributed by atoms with Gasteiger partial charge in [-0.1, -0.05) is 18.2 Å². The Bertz CT molecular complexity index is 972. The number of benzene rings is 1. The molecule has 1 aromatic carbocycles. The van der Waals surface area contributed by atoms with Crippen molar-refractivity contribution in [2.45, 2.75) is 13.0 Å². The van der Waals surface area contributed by atoms with Crippen LogP contribution < -0.4 is 15.6 Å². The zero-order valence-corrected chi connectivity index (χ0v) is 17.6. The molecule has 1 aromatic heterocycles. The van der Waals surface area contributed by atoms with Gasteiger partial charge in [0.2, 0.25) is 11.5 Å². The summed E-state index contributed by atoms with van der Waals surface area (Å²) < 4.78 is 7.10. The Labute approximate surface area is 176 Å². The molecule has 1 fully saturated rings. The molecular formula is C22H28N4O4. The molecule has 1 atom stereocenters. The third-order valence-electron chi connectivity index (χ3n) is 5.32.